The lowest BCUT2D eigenvalue weighted by Gasteiger charge is -2.18. The number of rotatable bonds is 5. The first kappa shape index (κ1) is 12.9. The lowest BCUT2D eigenvalue weighted by molar-refractivity contribution is 0.493. The van der Waals surface area contributed by atoms with E-state index < -0.39 is 0 Å². The van der Waals surface area contributed by atoms with Crippen LogP contribution in [0.2, 0.25) is 0 Å². The summed E-state index contributed by atoms with van der Waals surface area (Å²) < 4.78 is 5.66. The Morgan fingerprint density at radius 3 is 2.44 bits per heavy atom. The van der Waals surface area contributed by atoms with Crippen molar-refractivity contribution in [3.8, 4) is 0 Å². The zero-order valence-corrected chi connectivity index (χ0v) is 11.4. The molecule has 2 aromatic rings. The molecule has 0 aliphatic heterocycles. The van der Waals surface area contributed by atoms with Crippen LogP contribution in [0.3, 0.4) is 0 Å². The Balaban J connectivity index is 2.34. The molecule has 0 saturated carbocycles. The van der Waals surface area contributed by atoms with Gasteiger partial charge >= 0.3 is 0 Å². The summed E-state index contributed by atoms with van der Waals surface area (Å²) in [5.41, 5.74) is 2.53. The number of benzene rings is 1. The van der Waals surface area contributed by atoms with E-state index >= 15 is 0 Å². The highest BCUT2D eigenvalue weighted by Crippen LogP contribution is 2.27. The van der Waals surface area contributed by atoms with Gasteiger partial charge in [0.2, 0.25) is 0 Å². The molecule has 1 unspecified atom stereocenters. The van der Waals surface area contributed by atoms with Gasteiger partial charge < -0.3 is 9.73 Å². The Morgan fingerprint density at radius 1 is 1.17 bits per heavy atom. The fraction of sp³-hybridized carbons (Fsp3) is 0.375. The molecule has 0 spiro atoms. The maximum Gasteiger partial charge on any atom is 0.106 e. The minimum atomic E-state index is 0.226. The average Bonchev–Trinajstić information content (AvgIpc) is 2.70. The van der Waals surface area contributed by atoms with Gasteiger partial charge in [-0.2, -0.15) is 0 Å². The van der Waals surface area contributed by atoms with Crippen molar-refractivity contribution >= 4 is 0 Å². The molecular weight excluding hydrogens is 222 g/mol. The minimum Gasteiger partial charge on any atom is -0.466 e. The second-order valence-electron chi connectivity index (χ2n) is 4.67. The quantitative estimate of drug-likeness (QED) is 0.859. The predicted molar refractivity (Wildman–Crippen MR) is 74.8 cm³/mol. The summed E-state index contributed by atoms with van der Waals surface area (Å²) >= 11 is 0. The van der Waals surface area contributed by atoms with Gasteiger partial charge in [0.1, 0.15) is 11.5 Å². The first-order valence-corrected chi connectivity index (χ1v) is 6.57. The smallest absolute Gasteiger partial charge is 0.106 e. The highest BCUT2D eigenvalue weighted by atomic mass is 16.3. The minimum absolute atomic E-state index is 0.226. The molecule has 1 heterocycles. The molecule has 0 fully saturated rings. The summed E-state index contributed by atoms with van der Waals surface area (Å²) in [6, 6.07) is 12.9. The van der Waals surface area contributed by atoms with E-state index in [1.54, 1.807) is 0 Å². The van der Waals surface area contributed by atoms with E-state index in [0.717, 1.165) is 24.5 Å². The average molecular weight is 243 g/mol. The van der Waals surface area contributed by atoms with Crippen molar-refractivity contribution < 1.29 is 4.42 Å². The number of hydrogen-bond acceptors (Lipinski definition) is 2. The first-order chi connectivity index (χ1) is 8.72. The van der Waals surface area contributed by atoms with Gasteiger partial charge in [-0.25, -0.2) is 0 Å². The summed E-state index contributed by atoms with van der Waals surface area (Å²) in [5.74, 6) is 1.98. The molecule has 0 aliphatic rings. The molecule has 0 amide bonds. The predicted octanol–water partition coefficient (Wildman–Crippen LogP) is 3.99. The van der Waals surface area contributed by atoms with Crippen LogP contribution in [0.4, 0.5) is 0 Å². The van der Waals surface area contributed by atoms with E-state index in [4.69, 9.17) is 4.42 Å². The van der Waals surface area contributed by atoms with Gasteiger partial charge in [0.05, 0.1) is 6.04 Å². The van der Waals surface area contributed by atoms with Crippen LogP contribution in [0.15, 0.2) is 40.8 Å². The second kappa shape index (κ2) is 5.87. The molecule has 18 heavy (non-hydrogen) atoms. The van der Waals surface area contributed by atoms with Crippen LogP contribution in [0, 0.1) is 13.8 Å². The highest BCUT2D eigenvalue weighted by molar-refractivity contribution is 5.34. The van der Waals surface area contributed by atoms with Crippen LogP contribution in [-0.4, -0.2) is 6.54 Å². The third-order valence-electron chi connectivity index (χ3n) is 3.12. The number of nitrogens with one attached hydrogen (secondary N) is 1. The van der Waals surface area contributed by atoms with E-state index in [9.17, 15) is 0 Å². The summed E-state index contributed by atoms with van der Waals surface area (Å²) in [5, 5.41) is 3.60. The molecule has 2 nitrogen and oxygen atoms in total. The maximum atomic E-state index is 5.66. The highest BCUT2D eigenvalue weighted by Gasteiger charge is 2.18. The molecule has 1 aromatic heterocycles. The van der Waals surface area contributed by atoms with Crippen molar-refractivity contribution in [3.05, 3.63) is 59.0 Å². The Morgan fingerprint density at radius 2 is 1.89 bits per heavy atom. The zero-order valence-electron chi connectivity index (χ0n) is 11.4. The lowest BCUT2D eigenvalue weighted by Crippen LogP contribution is -2.23. The van der Waals surface area contributed by atoms with Crippen LogP contribution >= 0.6 is 0 Å². The summed E-state index contributed by atoms with van der Waals surface area (Å²) in [7, 11) is 0. The summed E-state index contributed by atoms with van der Waals surface area (Å²) in [4.78, 5) is 0. The van der Waals surface area contributed by atoms with Gasteiger partial charge in [-0.15, -0.1) is 0 Å². The number of aryl methyl sites for hydroxylation is 2. The monoisotopic (exact) mass is 243 g/mol. The Hall–Kier alpha value is -1.54. The normalized spacial score (nSPS) is 12.6. The first-order valence-electron chi connectivity index (χ1n) is 6.57. The molecule has 0 aliphatic carbocycles. The van der Waals surface area contributed by atoms with Crippen LogP contribution in [0.5, 0.6) is 0 Å². The van der Waals surface area contributed by atoms with Crippen molar-refractivity contribution in [2.75, 3.05) is 6.54 Å². The Kier molecular flexibility index (Phi) is 4.21. The molecule has 1 aromatic carbocycles. The number of hydrogen-bond donors (Lipinski definition) is 1. The molecule has 0 radical (unpaired) electrons. The van der Waals surface area contributed by atoms with E-state index in [1.165, 1.54) is 11.1 Å². The van der Waals surface area contributed by atoms with E-state index in [0.29, 0.717) is 0 Å². The Bertz CT molecular complexity index is 487. The van der Waals surface area contributed by atoms with Crippen molar-refractivity contribution in [2.45, 2.75) is 33.2 Å². The molecule has 96 valence electrons. The van der Waals surface area contributed by atoms with Gasteiger partial charge in [0.15, 0.2) is 0 Å². The third kappa shape index (κ3) is 2.82. The molecular formula is C16H21NO. The fourth-order valence-corrected chi connectivity index (χ4v) is 2.28. The van der Waals surface area contributed by atoms with Crippen molar-refractivity contribution in [1.82, 2.24) is 5.32 Å². The van der Waals surface area contributed by atoms with Crippen LogP contribution in [0.25, 0.3) is 0 Å². The van der Waals surface area contributed by atoms with Gasteiger partial charge in [0, 0.05) is 5.56 Å². The van der Waals surface area contributed by atoms with Crippen molar-refractivity contribution in [2.24, 2.45) is 0 Å². The SMILES string of the molecule is CCCNC(c1ccccc1)c1cc(C)oc1C. The van der Waals surface area contributed by atoms with Gasteiger partial charge in [0.25, 0.3) is 0 Å². The molecule has 2 heteroatoms. The second-order valence-corrected chi connectivity index (χ2v) is 4.67. The summed E-state index contributed by atoms with van der Waals surface area (Å²) in [6.45, 7) is 7.22. The van der Waals surface area contributed by atoms with Gasteiger partial charge in [-0.3, -0.25) is 0 Å². The Labute approximate surface area is 109 Å². The number of furan rings is 1. The third-order valence-corrected chi connectivity index (χ3v) is 3.12. The van der Waals surface area contributed by atoms with Crippen LogP contribution in [0.1, 0.15) is 42.0 Å². The lowest BCUT2D eigenvalue weighted by atomic mass is 9.99. The van der Waals surface area contributed by atoms with Gasteiger partial charge in [-0.1, -0.05) is 37.3 Å². The van der Waals surface area contributed by atoms with Crippen LogP contribution in [-0.2, 0) is 0 Å². The molecule has 2 rings (SSSR count). The standard InChI is InChI=1S/C16H21NO/c1-4-10-17-16(14-8-6-5-7-9-14)15-11-12(2)18-13(15)3/h5-9,11,16-17H,4,10H2,1-3H3. The van der Waals surface area contributed by atoms with Crippen molar-refractivity contribution in [3.63, 3.8) is 0 Å². The van der Waals surface area contributed by atoms with Gasteiger partial charge in [-0.05, 0) is 38.4 Å². The maximum absolute atomic E-state index is 5.66. The fourth-order valence-electron chi connectivity index (χ4n) is 2.28. The molecule has 1 N–H and O–H groups in total. The topological polar surface area (TPSA) is 25.2 Å². The van der Waals surface area contributed by atoms with E-state index in [-0.39, 0.29) is 6.04 Å². The van der Waals surface area contributed by atoms with Crippen molar-refractivity contribution in [1.29, 1.82) is 0 Å². The van der Waals surface area contributed by atoms with Crippen LogP contribution < -0.4 is 5.32 Å². The van der Waals surface area contributed by atoms with E-state index in [1.807, 2.05) is 19.9 Å². The summed E-state index contributed by atoms with van der Waals surface area (Å²) in [6.07, 6.45) is 1.12. The molecule has 0 saturated heterocycles. The zero-order chi connectivity index (χ0) is 13.0. The molecule has 0 bridgehead atoms. The van der Waals surface area contributed by atoms with E-state index in [2.05, 4.69) is 42.6 Å². The largest absolute Gasteiger partial charge is 0.466 e. The molecule has 1 atom stereocenters.